The minimum atomic E-state index is 0.00496. The minimum Gasteiger partial charge on any atom is -0.507 e. The molecule has 0 aliphatic rings. The maximum Gasteiger partial charge on any atom is 0.122 e. The van der Waals surface area contributed by atoms with Crippen LogP contribution >= 0.6 is 0 Å². The highest BCUT2D eigenvalue weighted by atomic mass is 16.3. The SMILES string of the molecule is CCCCc1cc(C(C)(C)C)cc(Cc2cc(C(C)(C)C)cc(CCCC)c2O)c1O. The van der Waals surface area contributed by atoms with Crippen molar-refractivity contribution < 1.29 is 10.2 Å². The van der Waals surface area contributed by atoms with Gasteiger partial charge >= 0.3 is 0 Å². The maximum absolute atomic E-state index is 11.1. The first-order chi connectivity index (χ1) is 14.4. The maximum atomic E-state index is 11.1. The third-order valence-electron chi connectivity index (χ3n) is 6.25. The van der Waals surface area contributed by atoms with Crippen LogP contribution in [0.15, 0.2) is 24.3 Å². The zero-order valence-electron chi connectivity index (χ0n) is 21.2. The van der Waals surface area contributed by atoms with Crippen molar-refractivity contribution in [1.29, 1.82) is 0 Å². The number of phenols is 2. The molecule has 31 heavy (non-hydrogen) atoms. The molecule has 2 aromatic rings. The normalized spacial score (nSPS) is 12.4. The van der Waals surface area contributed by atoms with Crippen molar-refractivity contribution in [3.63, 3.8) is 0 Å². The van der Waals surface area contributed by atoms with E-state index in [0.29, 0.717) is 17.9 Å². The second kappa shape index (κ2) is 10.1. The van der Waals surface area contributed by atoms with Gasteiger partial charge in [-0.3, -0.25) is 0 Å². The van der Waals surface area contributed by atoms with E-state index in [0.717, 1.165) is 60.8 Å². The summed E-state index contributed by atoms with van der Waals surface area (Å²) in [6.07, 6.45) is 6.64. The molecular formula is C29H44O2. The summed E-state index contributed by atoms with van der Waals surface area (Å²) in [5, 5.41) is 22.2. The van der Waals surface area contributed by atoms with Crippen molar-refractivity contribution in [2.24, 2.45) is 0 Å². The summed E-state index contributed by atoms with van der Waals surface area (Å²) < 4.78 is 0. The lowest BCUT2D eigenvalue weighted by molar-refractivity contribution is 0.452. The van der Waals surface area contributed by atoms with Gasteiger partial charge in [-0.2, -0.15) is 0 Å². The van der Waals surface area contributed by atoms with E-state index in [1.807, 2.05) is 0 Å². The lowest BCUT2D eigenvalue weighted by atomic mass is 9.81. The van der Waals surface area contributed by atoms with E-state index in [-0.39, 0.29) is 10.8 Å². The van der Waals surface area contributed by atoms with Crippen LogP contribution in [-0.2, 0) is 30.1 Å². The van der Waals surface area contributed by atoms with Gasteiger partial charge in [-0.25, -0.2) is 0 Å². The van der Waals surface area contributed by atoms with Crippen LogP contribution in [0.1, 0.15) is 114 Å². The molecule has 2 aromatic carbocycles. The van der Waals surface area contributed by atoms with Crippen LogP contribution in [0.5, 0.6) is 11.5 Å². The molecule has 2 rings (SSSR count). The Morgan fingerprint density at radius 3 is 1.19 bits per heavy atom. The molecule has 0 aromatic heterocycles. The Balaban J connectivity index is 2.60. The van der Waals surface area contributed by atoms with E-state index in [9.17, 15) is 10.2 Å². The van der Waals surface area contributed by atoms with Crippen LogP contribution in [0.3, 0.4) is 0 Å². The highest BCUT2D eigenvalue weighted by molar-refractivity contribution is 5.52. The second-order valence-corrected chi connectivity index (χ2v) is 11.2. The third kappa shape index (κ3) is 6.51. The number of hydrogen-bond donors (Lipinski definition) is 2. The van der Waals surface area contributed by atoms with Crippen molar-refractivity contribution in [2.45, 2.75) is 111 Å². The summed E-state index contributed by atoms with van der Waals surface area (Å²) in [6.45, 7) is 17.7. The summed E-state index contributed by atoms with van der Waals surface area (Å²) in [5.41, 5.74) is 6.38. The average Bonchev–Trinajstić information content (AvgIpc) is 2.67. The van der Waals surface area contributed by atoms with Crippen molar-refractivity contribution in [1.82, 2.24) is 0 Å². The Kier molecular flexibility index (Phi) is 8.25. The number of hydrogen-bond acceptors (Lipinski definition) is 2. The van der Waals surface area contributed by atoms with Gasteiger partial charge in [-0.05, 0) is 69.9 Å². The molecule has 0 saturated heterocycles. The minimum absolute atomic E-state index is 0.00496. The Morgan fingerprint density at radius 2 is 0.903 bits per heavy atom. The molecule has 0 unspecified atom stereocenters. The first-order valence-corrected chi connectivity index (χ1v) is 12.1. The van der Waals surface area contributed by atoms with Gasteiger partial charge < -0.3 is 10.2 Å². The summed E-state index contributed by atoms with van der Waals surface area (Å²) in [6, 6.07) is 8.62. The number of unbranched alkanes of at least 4 members (excludes halogenated alkanes) is 2. The van der Waals surface area contributed by atoms with E-state index in [4.69, 9.17) is 0 Å². The van der Waals surface area contributed by atoms with E-state index >= 15 is 0 Å². The fourth-order valence-corrected chi connectivity index (χ4v) is 3.98. The fraction of sp³-hybridized carbons (Fsp3) is 0.586. The zero-order valence-corrected chi connectivity index (χ0v) is 21.2. The van der Waals surface area contributed by atoms with Crippen LogP contribution in [0.2, 0.25) is 0 Å². The number of phenolic OH excluding ortho intramolecular Hbond substituents is 2. The van der Waals surface area contributed by atoms with Crippen molar-refractivity contribution in [3.8, 4) is 11.5 Å². The first-order valence-electron chi connectivity index (χ1n) is 12.1. The quantitative estimate of drug-likeness (QED) is 0.451. The monoisotopic (exact) mass is 424 g/mol. The van der Waals surface area contributed by atoms with Crippen LogP contribution in [-0.4, -0.2) is 10.2 Å². The third-order valence-corrected chi connectivity index (χ3v) is 6.25. The molecule has 0 atom stereocenters. The number of aryl methyl sites for hydroxylation is 2. The summed E-state index contributed by atoms with van der Waals surface area (Å²) in [5.74, 6) is 0.800. The Labute approximate surface area is 190 Å². The van der Waals surface area contributed by atoms with Gasteiger partial charge in [0.25, 0.3) is 0 Å². The van der Waals surface area contributed by atoms with Gasteiger partial charge in [0.2, 0.25) is 0 Å². The Bertz CT molecular complexity index is 806. The van der Waals surface area contributed by atoms with Gasteiger partial charge in [0.1, 0.15) is 11.5 Å². The van der Waals surface area contributed by atoms with Crippen LogP contribution in [0, 0.1) is 0 Å². The van der Waals surface area contributed by atoms with Gasteiger partial charge in [0.05, 0.1) is 0 Å². The fourth-order valence-electron chi connectivity index (χ4n) is 3.98. The molecule has 0 amide bonds. The molecule has 0 radical (unpaired) electrons. The molecule has 0 heterocycles. The molecule has 0 aliphatic heterocycles. The summed E-state index contributed by atoms with van der Waals surface area (Å²) >= 11 is 0. The van der Waals surface area contributed by atoms with Crippen molar-refractivity contribution >= 4 is 0 Å². The van der Waals surface area contributed by atoms with Crippen molar-refractivity contribution in [2.75, 3.05) is 0 Å². The second-order valence-electron chi connectivity index (χ2n) is 11.2. The molecule has 172 valence electrons. The van der Waals surface area contributed by atoms with E-state index in [1.165, 1.54) is 11.1 Å². The first kappa shape index (κ1) is 25.3. The van der Waals surface area contributed by atoms with E-state index in [1.54, 1.807) is 0 Å². The smallest absolute Gasteiger partial charge is 0.122 e. The number of benzene rings is 2. The van der Waals surface area contributed by atoms with Gasteiger partial charge in [-0.1, -0.05) is 92.5 Å². The lowest BCUT2D eigenvalue weighted by Gasteiger charge is -2.24. The van der Waals surface area contributed by atoms with Gasteiger partial charge in [0.15, 0.2) is 0 Å². The molecular weight excluding hydrogens is 380 g/mol. The average molecular weight is 425 g/mol. The summed E-state index contributed by atoms with van der Waals surface area (Å²) in [7, 11) is 0. The topological polar surface area (TPSA) is 40.5 Å². The van der Waals surface area contributed by atoms with Crippen LogP contribution in [0.25, 0.3) is 0 Å². The molecule has 2 heteroatoms. The largest absolute Gasteiger partial charge is 0.507 e. The standard InChI is InChI=1S/C29H44O2/c1-9-11-13-20-16-24(28(3,4)5)18-22(26(20)30)15-23-19-25(29(6,7)8)17-21(27(23)31)14-12-10-2/h16-19,30-31H,9-15H2,1-8H3. The Hall–Kier alpha value is -1.96. The number of aromatic hydroxyl groups is 2. The predicted molar refractivity (Wildman–Crippen MR) is 134 cm³/mol. The zero-order chi connectivity index (χ0) is 23.4. The van der Waals surface area contributed by atoms with Crippen molar-refractivity contribution in [3.05, 3.63) is 57.6 Å². The molecule has 2 N–H and O–H groups in total. The summed E-state index contributed by atoms with van der Waals surface area (Å²) in [4.78, 5) is 0. The predicted octanol–water partition coefficient (Wildman–Crippen LogP) is 7.97. The highest BCUT2D eigenvalue weighted by Crippen LogP contribution is 2.37. The van der Waals surface area contributed by atoms with Gasteiger partial charge in [-0.15, -0.1) is 0 Å². The Morgan fingerprint density at radius 1 is 0.581 bits per heavy atom. The molecule has 0 saturated carbocycles. The lowest BCUT2D eigenvalue weighted by Crippen LogP contribution is -2.14. The van der Waals surface area contributed by atoms with E-state index < -0.39 is 0 Å². The van der Waals surface area contributed by atoms with Crippen LogP contribution in [0.4, 0.5) is 0 Å². The molecule has 0 spiro atoms. The van der Waals surface area contributed by atoms with E-state index in [2.05, 4.69) is 79.7 Å². The molecule has 2 nitrogen and oxygen atoms in total. The van der Waals surface area contributed by atoms with Gasteiger partial charge in [0, 0.05) is 6.42 Å². The van der Waals surface area contributed by atoms with Crippen LogP contribution < -0.4 is 0 Å². The number of rotatable bonds is 8. The molecule has 0 fully saturated rings. The molecule has 0 bridgehead atoms. The molecule has 0 aliphatic carbocycles. The highest BCUT2D eigenvalue weighted by Gasteiger charge is 2.22.